The molecule has 0 saturated carbocycles. The lowest BCUT2D eigenvalue weighted by Gasteiger charge is -2.13. The number of rotatable bonds is 4. The van der Waals surface area contributed by atoms with Crippen LogP contribution in [0.2, 0.25) is 0 Å². The summed E-state index contributed by atoms with van der Waals surface area (Å²) in [7, 11) is 0. The maximum absolute atomic E-state index is 3.99. The Bertz CT molecular complexity index is 259. The van der Waals surface area contributed by atoms with E-state index in [-0.39, 0.29) is 0 Å². The Morgan fingerprint density at radius 1 is 1.38 bits per heavy atom. The summed E-state index contributed by atoms with van der Waals surface area (Å²) < 4.78 is 0. The van der Waals surface area contributed by atoms with E-state index in [1.165, 1.54) is 11.1 Å². The summed E-state index contributed by atoms with van der Waals surface area (Å²) in [5, 5.41) is 0. The van der Waals surface area contributed by atoms with Crippen LogP contribution in [-0.2, 0) is 6.42 Å². The van der Waals surface area contributed by atoms with Gasteiger partial charge in [-0.05, 0) is 31.2 Å². The van der Waals surface area contributed by atoms with Crippen LogP contribution in [0.4, 0.5) is 0 Å². The zero-order chi connectivity index (χ0) is 9.68. The molecule has 1 rings (SSSR count). The second-order valence-electron chi connectivity index (χ2n) is 3.48. The highest BCUT2D eigenvalue weighted by Gasteiger charge is 2.07. The third kappa shape index (κ3) is 3.06. The van der Waals surface area contributed by atoms with Gasteiger partial charge in [0.1, 0.15) is 0 Å². The average Bonchev–Trinajstić information content (AvgIpc) is 2.15. The fourth-order valence-corrected chi connectivity index (χ4v) is 1.44. The molecule has 1 radical (unpaired) electrons. The molecule has 0 spiro atoms. The molecule has 0 heterocycles. The zero-order valence-corrected chi connectivity index (χ0v) is 8.46. The van der Waals surface area contributed by atoms with Gasteiger partial charge in [0.25, 0.3) is 0 Å². The van der Waals surface area contributed by atoms with Crippen molar-refractivity contribution in [2.75, 3.05) is 0 Å². The first-order valence-corrected chi connectivity index (χ1v) is 4.73. The Balaban J connectivity index is 2.62. The normalized spacial score (nSPS) is 12.5. The molecule has 0 nitrogen and oxygen atoms in total. The molecule has 0 aromatic heterocycles. The van der Waals surface area contributed by atoms with Gasteiger partial charge >= 0.3 is 0 Å². The third-order valence-corrected chi connectivity index (χ3v) is 2.33. The van der Waals surface area contributed by atoms with Gasteiger partial charge in [0.05, 0.1) is 0 Å². The minimum atomic E-state index is 0.516. The molecule has 0 amide bonds. The molecule has 1 atom stereocenters. The Labute approximate surface area is 81.3 Å². The SMILES string of the molecule is C=C(C)[C@H]([CH]C)Cc1ccccc1. The van der Waals surface area contributed by atoms with E-state index in [0.717, 1.165) is 6.42 Å². The maximum Gasteiger partial charge on any atom is -0.0140 e. The quantitative estimate of drug-likeness (QED) is 0.610. The van der Waals surface area contributed by atoms with E-state index in [9.17, 15) is 0 Å². The molecule has 0 heteroatoms. The highest BCUT2D eigenvalue weighted by molar-refractivity contribution is 5.18. The van der Waals surface area contributed by atoms with Gasteiger partial charge in [-0.3, -0.25) is 0 Å². The Morgan fingerprint density at radius 3 is 2.46 bits per heavy atom. The third-order valence-electron chi connectivity index (χ3n) is 2.33. The number of benzene rings is 1. The van der Waals surface area contributed by atoms with Crippen LogP contribution in [0.15, 0.2) is 42.5 Å². The highest BCUT2D eigenvalue weighted by atomic mass is 14.1. The topological polar surface area (TPSA) is 0 Å². The Kier molecular flexibility index (Phi) is 3.75. The molecule has 0 aliphatic rings. The summed E-state index contributed by atoms with van der Waals surface area (Å²) >= 11 is 0. The largest absolute Gasteiger partial charge is 0.0998 e. The van der Waals surface area contributed by atoms with Crippen LogP contribution in [0.25, 0.3) is 0 Å². The summed E-state index contributed by atoms with van der Waals surface area (Å²) in [6.07, 6.45) is 3.29. The van der Waals surface area contributed by atoms with E-state index >= 15 is 0 Å². The molecule has 0 aliphatic heterocycles. The van der Waals surface area contributed by atoms with Gasteiger partial charge in [-0.15, -0.1) is 0 Å². The molecule has 69 valence electrons. The first-order chi connectivity index (χ1) is 6.24. The predicted octanol–water partition coefficient (Wildman–Crippen LogP) is 3.65. The van der Waals surface area contributed by atoms with Gasteiger partial charge in [-0.25, -0.2) is 0 Å². The van der Waals surface area contributed by atoms with Crippen molar-refractivity contribution < 1.29 is 0 Å². The monoisotopic (exact) mass is 173 g/mol. The molecular weight excluding hydrogens is 156 g/mol. The van der Waals surface area contributed by atoms with Gasteiger partial charge in [0.15, 0.2) is 0 Å². The van der Waals surface area contributed by atoms with E-state index in [2.05, 4.69) is 57.2 Å². The molecule has 0 bridgehead atoms. The van der Waals surface area contributed by atoms with E-state index in [0.29, 0.717) is 5.92 Å². The van der Waals surface area contributed by atoms with E-state index in [1.54, 1.807) is 0 Å². The van der Waals surface area contributed by atoms with Crippen LogP contribution in [0, 0.1) is 12.3 Å². The molecule has 0 aliphatic carbocycles. The Morgan fingerprint density at radius 2 is 2.00 bits per heavy atom. The van der Waals surface area contributed by atoms with Crippen molar-refractivity contribution in [1.29, 1.82) is 0 Å². The van der Waals surface area contributed by atoms with Crippen molar-refractivity contribution in [1.82, 2.24) is 0 Å². The van der Waals surface area contributed by atoms with Crippen LogP contribution in [-0.4, -0.2) is 0 Å². The summed E-state index contributed by atoms with van der Waals surface area (Å²) in [6, 6.07) is 10.6. The van der Waals surface area contributed by atoms with Gasteiger partial charge in [0, 0.05) is 0 Å². The fraction of sp³-hybridized carbons (Fsp3) is 0.308. The number of hydrogen-bond donors (Lipinski definition) is 0. The van der Waals surface area contributed by atoms with E-state index in [1.807, 2.05) is 0 Å². The van der Waals surface area contributed by atoms with Crippen LogP contribution >= 0.6 is 0 Å². The minimum absolute atomic E-state index is 0.516. The molecule has 1 aromatic rings. The smallest absolute Gasteiger partial charge is 0.0140 e. The maximum atomic E-state index is 3.99. The fourth-order valence-electron chi connectivity index (χ4n) is 1.44. The van der Waals surface area contributed by atoms with Crippen LogP contribution in [0.3, 0.4) is 0 Å². The average molecular weight is 173 g/mol. The summed E-state index contributed by atoms with van der Waals surface area (Å²) in [4.78, 5) is 0. The second kappa shape index (κ2) is 4.86. The van der Waals surface area contributed by atoms with Crippen molar-refractivity contribution in [3.63, 3.8) is 0 Å². The predicted molar refractivity (Wildman–Crippen MR) is 58.4 cm³/mol. The zero-order valence-electron chi connectivity index (χ0n) is 8.46. The van der Waals surface area contributed by atoms with Crippen molar-refractivity contribution in [3.05, 3.63) is 54.5 Å². The summed E-state index contributed by atoms with van der Waals surface area (Å²) in [6.45, 7) is 8.18. The number of hydrogen-bond acceptors (Lipinski definition) is 0. The molecule has 1 aromatic carbocycles. The van der Waals surface area contributed by atoms with Gasteiger partial charge in [-0.2, -0.15) is 0 Å². The summed E-state index contributed by atoms with van der Waals surface area (Å²) in [5.41, 5.74) is 2.62. The Hall–Kier alpha value is -1.04. The first kappa shape index (κ1) is 10.0. The van der Waals surface area contributed by atoms with E-state index < -0.39 is 0 Å². The molecule has 0 unspecified atom stereocenters. The summed E-state index contributed by atoms with van der Waals surface area (Å²) in [5.74, 6) is 0.516. The first-order valence-electron chi connectivity index (χ1n) is 4.73. The molecule has 0 saturated heterocycles. The van der Waals surface area contributed by atoms with Crippen LogP contribution in [0.5, 0.6) is 0 Å². The molecule has 13 heavy (non-hydrogen) atoms. The number of allylic oxidation sites excluding steroid dienone is 1. The second-order valence-corrected chi connectivity index (χ2v) is 3.48. The van der Waals surface area contributed by atoms with Crippen molar-refractivity contribution in [2.24, 2.45) is 5.92 Å². The molecule has 0 N–H and O–H groups in total. The molecular formula is C13H17. The lowest BCUT2D eigenvalue weighted by atomic mass is 9.91. The standard InChI is InChI=1S/C13H17/c1-4-13(11(2)3)10-12-8-6-5-7-9-12/h4-9,13H,2,10H2,1,3H3/t13-/m1/s1. The van der Waals surface area contributed by atoms with Crippen molar-refractivity contribution in [3.8, 4) is 0 Å². The van der Waals surface area contributed by atoms with Crippen LogP contribution < -0.4 is 0 Å². The minimum Gasteiger partial charge on any atom is -0.0998 e. The van der Waals surface area contributed by atoms with Crippen molar-refractivity contribution >= 4 is 0 Å². The van der Waals surface area contributed by atoms with E-state index in [4.69, 9.17) is 0 Å². The molecule has 0 fully saturated rings. The van der Waals surface area contributed by atoms with Gasteiger partial charge in [-0.1, -0.05) is 49.4 Å². The van der Waals surface area contributed by atoms with Gasteiger partial charge in [0.2, 0.25) is 0 Å². The van der Waals surface area contributed by atoms with Gasteiger partial charge < -0.3 is 0 Å². The lowest BCUT2D eigenvalue weighted by molar-refractivity contribution is 0.703. The van der Waals surface area contributed by atoms with Crippen molar-refractivity contribution in [2.45, 2.75) is 20.3 Å². The van der Waals surface area contributed by atoms with Crippen LogP contribution in [0.1, 0.15) is 19.4 Å². The lowest BCUT2D eigenvalue weighted by Crippen LogP contribution is -2.04. The highest BCUT2D eigenvalue weighted by Crippen LogP contribution is 2.17.